The van der Waals surface area contributed by atoms with Gasteiger partial charge in [0, 0.05) is 35.7 Å². The Balaban J connectivity index is 1.34. The number of anilines is 2. The summed E-state index contributed by atoms with van der Waals surface area (Å²) in [5.41, 5.74) is 1.43. The lowest BCUT2D eigenvalue weighted by atomic mass is 10.0. The van der Waals surface area contributed by atoms with Crippen LogP contribution in [0.5, 0.6) is 0 Å². The summed E-state index contributed by atoms with van der Waals surface area (Å²) in [7, 11) is 0. The van der Waals surface area contributed by atoms with Gasteiger partial charge in [0.15, 0.2) is 0 Å². The van der Waals surface area contributed by atoms with Crippen LogP contribution in [0.4, 0.5) is 16.2 Å². The molecule has 0 aliphatic carbocycles. The Morgan fingerprint density at radius 2 is 1.81 bits per heavy atom. The lowest BCUT2D eigenvalue weighted by Gasteiger charge is -2.16. The molecule has 2 saturated heterocycles. The van der Waals surface area contributed by atoms with E-state index in [2.05, 4.69) is 21.3 Å². The van der Waals surface area contributed by atoms with Crippen molar-refractivity contribution in [2.45, 2.75) is 49.9 Å². The SMILES string of the molecule is CC(=O)Nc1ccc(NC(=O)CCCC[C@@H]2SC[C@H]3NC(=O)N[C@H]23)cc1. The maximum Gasteiger partial charge on any atom is 0.315 e. The molecule has 8 heteroatoms. The van der Waals surface area contributed by atoms with Gasteiger partial charge in [-0.15, -0.1) is 0 Å². The maximum absolute atomic E-state index is 12.0. The fourth-order valence-corrected chi connectivity index (χ4v) is 4.88. The summed E-state index contributed by atoms with van der Waals surface area (Å²) in [6.45, 7) is 1.46. The first-order valence-electron chi connectivity index (χ1n) is 8.87. The normalized spacial score (nSPS) is 23.7. The van der Waals surface area contributed by atoms with Crippen LogP contribution in [0.15, 0.2) is 24.3 Å². The maximum atomic E-state index is 12.0. The minimum Gasteiger partial charge on any atom is -0.332 e. The van der Waals surface area contributed by atoms with Crippen LogP contribution < -0.4 is 21.3 Å². The average molecular weight is 376 g/mol. The molecule has 0 bridgehead atoms. The third-order valence-corrected chi connectivity index (χ3v) is 6.08. The molecule has 26 heavy (non-hydrogen) atoms. The number of carbonyl (C=O) groups is 3. The molecule has 7 nitrogen and oxygen atoms in total. The number of rotatable bonds is 7. The number of amides is 4. The van der Waals surface area contributed by atoms with E-state index in [1.807, 2.05) is 11.8 Å². The molecule has 0 radical (unpaired) electrons. The molecular weight excluding hydrogens is 352 g/mol. The van der Waals surface area contributed by atoms with Gasteiger partial charge in [-0.3, -0.25) is 9.59 Å². The standard InChI is InChI=1S/C18H24N4O3S/c1-11(23)19-12-6-8-13(9-7-12)20-16(24)5-3-2-4-15-17-14(10-26-15)21-18(25)22-17/h6-9,14-15,17H,2-5,10H2,1H3,(H,19,23)(H,20,24)(H2,21,22,25)/t14-,15+,17+/m1/s1. The second-order valence-corrected chi connectivity index (χ2v) is 7.95. The number of thioether (sulfide) groups is 1. The number of fused-ring (bicyclic) bond motifs is 1. The van der Waals surface area contributed by atoms with Crippen LogP contribution in [0.1, 0.15) is 32.6 Å². The molecule has 3 atom stereocenters. The van der Waals surface area contributed by atoms with Crippen LogP contribution in [-0.2, 0) is 9.59 Å². The monoisotopic (exact) mass is 376 g/mol. The van der Waals surface area contributed by atoms with E-state index in [4.69, 9.17) is 0 Å². The van der Waals surface area contributed by atoms with Crippen LogP contribution in [-0.4, -0.2) is 40.9 Å². The van der Waals surface area contributed by atoms with Crippen LogP contribution in [0, 0.1) is 0 Å². The molecule has 4 amide bonds. The topological polar surface area (TPSA) is 99.3 Å². The van der Waals surface area contributed by atoms with Crippen LogP contribution >= 0.6 is 11.8 Å². The van der Waals surface area contributed by atoms with E-state index in [1.54, 1.807) is 24.3 Å². The molecule has 1 aromatic rings. The van der Waals surface area contributed by atoms with E-state index in [0.29, 0.717) is 17.4 Å². The molecule has 3 rings (SSSR count). The molecule has 2 aliphatic heterocycles. The highest BCUT2D eigenvalue weighted by molar-refractivity contribution is 8.00. The van der Waals surface area contributed by atoms with Crippen LogP contribution in [0.3, 0.4) is 0 Å². The van der Waals surface area contributed by atoms with Crippen molar-refractivity contribution in [2.24, 2.45) is 0 Å². The van der Waals surface area contributed by atoms with E-state index >= 15 is 0 Å². The predicted octanol–water partition coefficient (Wildman–Crippen LogP) is 2.31. The van der Waals surface area contributed by atoms with Crippen molar-refractivity contribution in [1.82, 2.24) is 10.6 Å². The quantitative estimate of drug-likeness (QED) is 0.433. The molecule has 2 heterocycles. The van der Waals surface area contributed by atoms with Crippen molar-refractivity contribution in [3.8, 4) is 0 Å². The molecule has 1 aromatic carbocycles. The molecule has 140 valence electrons. The summed E-state index contributed by atoms with van der Waals surface area (Å²) in [4.78, 5) is 34.4. The number of hydrogen-bond acceptors (Lipinski definition) is 4. The molecule has 0 saturated carbocycles. The van der Waals surface area contributed by atoms with Gasteiger partial charge >= 0.3 is 6.03 Å². The first-order chi connectivity index (χ1) is 12.5. The van der Waals surface area contributed by atoms with Gasteiger partial charge < -0.3 is 21.3 Å². The second-order valence-electron chi connectivity index (χ2n) is 6.67. The summed E-state index contributed by atoms with van der Waals surface area (Å²) in [6.07, 6.45) is 3.27. The van der Waals surface area contributed by atoms with Crippen LogP contribution in [0.25, 0.3) is 0 Å². The Morgan fingerprint density at radius 1 is 1.12 bits per heavy atom. The van der Waals surface area contributed by atoms with Crippen molar-refractivity contribution in [3.63, 3.8) is 0 Å². The zero-order valence-corrected chi connectivity index (χ0v) is 15.5. The number of benzene rings is 1. The summed E-state index contributed by atoms with van der Waals surface area (Å²) >= 11 is 1.90. The minimum atomic E-state index is -0.124. The minimum absolute atomic E-state index is 0.00920. The highest BCUT2D eigenvalue weighted by Gasteiger charge is 2.42. The largest absolute Gasteiger partial charge is 0.332 e. The van der Waals surface area contributed by atoms with E-state index in [1.165, 1.54) is 6.92 Å². The molecular formula is C18H24N4O3S. The van der Waals surface area contributed by atoms with Gasteiger partial charge in [-0.1, -0.05) is 6.42 Å². The van der Waals surface area contributed by atoms with Gasteiger partial charge in [-0.2, -0.15) is 11.8 Å². The predicted molar refractivity (Wildman–Crippen MR) is 103 cm³/mol. The third-order valence-electron chi connectivity index (χ3n) is 4.57. The summed E-state index contributed by atoms with van der Waals surface area (Å²) in [5, 5.41) is 11.9. The van der Waals surface area contributed by atoms with Gasteiger partial charge in [0.1, 0.15) is 0 Å². The summed E-state index contributed by atoms with van der Waals surface area (Å²) in [6, 6.07) is 7.48. The Morgan fingerprint density at radius 3 is 2.50 bits per heavy atom. The van der Waals surface area contributed by atoms with Crippen molar-refractivity contribution >= 4 is 41.0 Å². The number of urea groups is 1. The van der Waals surface area contributed by atoms with E-state index in [9.17, 15) is 14.4 Å². The molecule has 0 spiro atoms. The Labute approximate surface area is 157 Å². The zero-order chi connectivity index (χ0) is 18.5. The number of unbranched alkanes of at least 4 members (excludes halogenated alkanes) is 1. The number of carbonyl (C=O) groups excluding carboxylic acids is 3. The lowest BCUT2D eigenvalue weighted by molar-refractivity contribution is -0.116. The smallest absolute Gasteiger partial charge is 0.315 e. The Bertz CT molecular complexity index is 680. The average Bonchev–Trinajstić information content (AvgIpc) is 3.12. The Hall–Kier alpha value is -2.22. The van der Waals surface area contributed by atoms with Gasteiger partial charge in [-0.05, 0) is 37.1 Å². The summed E-state index contributed by atoms with van der Waals surface area (Å²) < 4.78 is 0. The fourth-order valence-electron chi connectivity index (χ4n) is 3.34. The van der Waals surface area contributed by atoms with Crippen molar-refractivity contribution in [3.05, 3.63) is 24.3 Å². The molecule has 2 aliphatic rings. The Kier molecular flexibility index (Phi) is 6.03. The van der Waals surface area contributed by atoms with Gasteiger partial charge in [0.05, 0.1) is 12.1 Å². The van der Waals surface area contributed by atoms with E-state index in [-0.39, 0.29) is 29.9 Å². The first kappa shape index (κ1) is 18.6. The second kappa shape index (κ2) is 8.44. The number of nitrogens with one attached hydrogen (secondary N) is 4. The molecule has 4 N–H and O–H groups in total. The molecule has 0 unspecified atom stereocenters. The van der Waals surface area contributed by atoms with Crippen molar-refractivity contribution in [2.75, 3.05) is 16.4 Å². The molecule has 2 fully saturated rings. The molecule has 0 aromatic heterocycles. The highest BCUT2D eigenvalue weighted by Crippen LogP contribution is 2.33. The highest BCUT2D eigenvalue weighted by atomic mass is 32.2. The van der Waals surface area contributed by atoms with Crippen molar-refractivity contribution in [1.29, 1.82) is 0 Å². The third kappa shape index (κ3) is 4.91. The van der Waals surface area contributed by atoms with Gasteiger partial charge in [0.2, 0.25) is 11.8 Å². The van der Waals surface area contributed by atoms with Gasteiger partial charge in [-0.25, -0.2) is 4.79 Å². The number of hydrogen-bond donors (Lipinski definition) is 4. The van der Waals surface area contributed by atoms with E-state index < -0.39 is 0 Å². The van der Waals surface area contributed by atoms with E-state index in [0.717, 1.165) is 30.7 Å². The zero-order valence-electron chi connectivity index (χ0n) is 14.7. The lowest BCUT2D eigenvalue weighted by Crippen LogP contribution is -2.36. The first-order valence-corrected chi connectivity index (χ1v) is 9.92. The van der Waals surface area contributed by atoms with Crippen molar-refractivity contribution < 1.29 is 14.4 Å². The summed E-state index contributed by atoms with van der Waals surface area (Å²) in [5.74, 6) is 0.829. The fraction of sp³-hybridized carbons (Fsp3) is 0.500. The van der Waals surface area contributed by atoms with Crippen LogP contribution in [0.2, 0.25) is 0 Å². The van der Waals surface area contributed by atoms with Gasteiger partial charge in [0.25, 0.3) is 0 Å².